The van der Waals surface area contributed by atoms with Gasteiger partial charge in [0.1, 0.15) is 5.75 Å². The molecule has 0 saturated carbocycles. The van der Waals surface area contributed by atoms with Crippen molar-refractivity contribution in [1.29, 1.82) is 0 Å². The Morgan fingerprint density at radius 1 is 1.39 bits per heavy atom. The molecule has 1 heterocycles. The molecule has 4 heteroatoms. The van der Waals surface area contributed by atoms with Crippen LogP contribution in [-0.2, 0) is 0 Å². The number of hydrogen-bond donors (Lipinski definition) is 1. The Morgan fingerprint density at radius 2 is 2.22 bits per heavy atom. The number of nitrogens with one attached hydrogen (secondary N) is 1. The van der Waals surface area contributed by atoms with Gasteiger partial charge in [0, 0.05) is 6.54 Å². The maximum atomic E-state index is 5.72. The van der Waals surface area contributed by atoms with Gasteiger partial charge in [-0.05, 0) is 30.5 Å². The van der Waals surface area contributed by atoms with E-state index < -0.39 is 0 Å². The van der Waals surface area contributed by atoms with Crippen molar-refractivity contribution >= 4 is 26.7 Å². The maximum Gasteiger partial charge on any atom is 0.183 e. The fourth-order valence-corrected chi connectivity index (χ4v) is 2.49. The zero-order valence-electron chi connectivity index (χ0n) is 11.2. The lowest BCUT2D eigenvalue weighted by Crippen LogP contribution is -2.04. The first-order valence-corrected chi connectivity index (χ1v) is 7.28. The van der Waals surface area contributed by atoms with Gasteiger partial charge in [0.2, 0.25) is 0 Å². The van der Waals surface area contributed by atoms with Crippen LogP contribution in [0.4, 0.5) is 5.13 Å². The van der Waals surface area contributed by atoms with Crippen LogP contribution in [0.1, 0.15) is 27.2 Å². The third kappa shape index (κ3) is 3.35. The van der Waals surface area contributed by atoms with Crippen LogP contribution in [0, 0.1) is 5.92 Å². The molecule has 1 aromatic carbocycles. The molecular weight excluding hydrogens is 244 g/mol. The number of anilines is 1. The van der Waals surface area contributed by atoms with Crippen molar-refractivity contribution in [1.82, 2.24) is 4.98 Å². The Labute approximate surface area is 112 Å². The summed E-state index contributed by atoms with van der Waals surface area (Å²) in [6, 6.07) is 6.10. The minimum absolute atomic E-state index is 0.545. The maximum absolute atomic E-state index is 5.72. The van der Waals surface area contributed by atoms with Gasteiger partial charge in [-0.15, -0.1) is 0 Å². The molecule has 2 aromatic rings. The van der Waals surface area contributed by atoms with Crippen LogP contribution in [0.15, 0.2) is 18.2 Å². The van der Waals surface area contributed by atoms with Crippen LogP contribution in [0.2, 0.25) is 0 Å². The van der Waals surface area contributed by atoms with Gasteiger partial charge in [-0.25, -0.2) is 4.98 Å². The van der Waals surface area contributed by atoms with Gasteiger partial charge in [-0.1, -0.05) is 32.1 Å². The van der Waals surface area contributed by atoms with Crippen molar-refractivity contribution in [2.24, 2.45) is 5.92 Å². The van der Waals surface area contributed by atoms with Crippen LogP contribution in [0.5, 0.6) is 5.75 Å². The number of rotatable bonds is 6. The van der Waals surface area contributed by atoms with E-state index in [9.17, 15) is 0 Å². The van der Waals surface area contributed by atoms with Crippen LogP contribution in [-0.4, -0.2) is 18.1 Å². The molecule has 2 rings (SSSR count). The third-order valence-corrected chi connectivity index (χ3v) is 3.45. The number of nitrogens with zero attached hydrogens (tertiary/aromatic N) is 1. The molecule has 18 heavy (non-hydrogen) atoms. The molecule has 98 valence electrons. The Morgan fingerprint density at radius 3 is 2.94 bits per heavy atom. The number of ether oxygens (including phenoxy) is 1. The van der Waals surface area contributed by atoms with Gasteiger partial charge in [-0.3, -0.25) is 0 Å². The zero-order chi connectivity index (χ0) is 13.0. The van der Waals surface area contributed by atoms with E-state index in [4.69, 9.17) is 4.74 Å². The smallest absolute Gasteiger partial charge is 0.183 e. The molecule has 0 atom stereocenters. The molecule has 0 spiro atoms. The number of thiazole rings is 1. The van der Waals surface area contributed by atoms with E-state index in [-0.39, 0.29) is 0 Å². The summed E-state index contributed by atoms with van der Waals surface area (Å²) >= 11 is 1.68. The van der Waals surface area contributed by atoms with Gasteiger partial charge in [0.05, 0.1) is 16.8 Å². The summed E-state index contributed by atoms with van der Waals surface area (Å²) in [7, 11) is 0. The number of hydrogen-bond acceptors (Lipinski definition) is 4. The van der Waals surface area contributed by atoms with Gasteiger partial charge < -0.3 is 10.1 Å². The van der Waals surface area contributed by atoms with E-state index in [1.54, 1.807) is 11.3 Å². The van der Waals surface area contributed by atoms with Crippen LogP contribution in [0.3, 0.4) is 0 Å². The number of aromatic nitrogens is 1. The van der Waals surface area contributed by atoms with E-state index in [1.165, 1.54) is 4.70 Å². The highest BCUT2D eigenvalue weighted by Gasteiger charge is 2.05. The molecule has 1 aromatic heterocycles. The topological polar surface area (TPSA) is 34.2 Å². The second-order valence-corrected chi connectivity index (χ2v) is 5.81. The second kappa shape index (κ2) is 6.05. The Kier molecular flexibility index (Phi) is 4.42. The first-order valence-electron chi connectivity index (χ1n) is 6.46. The molecule has 0 amide bonds. The molecule has 0 aliphatic heterocycles. The molecule has 0 bridgehead atoms. The lowest BCUT2D eigenvalue weighted by atomic mass is 10.2. The highest BCUT2D eigenvalue weighted by molar-refractivity contribution is 7.22. The summed E-state index contributed by atoms with van der Waals surface area (Å²) in [5.74, 6) is 1.48. The monoisotopic (exact) mass is 264 g/mol. The first-order chi connectivity index (χ1) is 8.69. The van der Waals surface area contributed by atoms with Crippen LogP contribution in [0.25, 0.3) is 10.2 Å². The standard InChI is InChI=1S/C14H20N2OS/c1-4-7-15-14-16-12-6-5-11(8-13(12)18-14)17-9-10(2)3/h5-6,8,10H,4,7,9H2,1-3H3,(H,15,16). The molecule has 0 fully saturated rings. The molecule has 3 nitrogen and oxygen atoms in total. The first kappa shape index (κ1) is 13.1. The van der Waals surface area contributed by atoms with E-state index in [2.05, 4.69) is 37.1 Å². The van der Waals surface area contributed by atoms with E-state index >= 15 is 0 Å². The molecule has 0 unspecified atom stereocenters. The van der Waals surface area contributed by atoms with E-state index in [0.717, 1.165) is 36.0 Å². The molecule has 0 aliphatic rings. The summed E-state index contributed by atoms with van der Waals surface area (Å²) in [4.78, 5) is 4.54. The second-order valence-electron chi connectivity index (χ2n) is 4.78. The highest BCUT2D eigenvalue weighted by atomic mass is 32.1. The quantitative estimate of drug-likeness (QED) is 0.851. The molecule has 1 N–H and O–H groups in total. The van der Waals surface area contributed by atoms with Gasteiger partial charge in [0.25, 0.3) is 0 Å². The third-order valence-electron chi connectivity index (χ3n) is 2.47. The van der Waals surface area contributed by atoms with Crippen molar-refractivity contribution in [3.63, 3.8) is 0 Å². The van der Waals surface area contributed by atoms with Crippen molar-refractivity contribution in [2.75, 3.05) is 18.5 Å². The minimum atomic E-state index is 0.545. The predicted octanol–water partition coefficient (Wildman–Crippen LogP) is 4.15. The van der Waals surface area contributed by atoms with Crippen molar-refractivity contribution in [3.05, 3.63) is 18.2 Å². The van der Waals surface area contributed by atoms with Gasteiger partial charge in [-0.2, -0.15) is 0 Å². The van der Waals surface area contributed by atoms with E-state index in [1.807, 2.05) is 12.1 Å². The Bertz CT molecular complexity index is 507. The summed E-state index contributed by atoms with van der Waals surface area (Å²) in [5.41, 5.74) is 1.04. The van der Waals surface area contributed by atoms with Crippen molar-refractivity contribution in [2.45, 2.75) is 27.2 Å². The highest BCUT2D eigenvalue weighted by Crippen LogP contribution is 2.29. The van der Waals surface area contributed by atoms with Gasteiger partial charge in [0.15, 0.2) is 5.13 Å². The van der Waals surface area contributed by atoms with Crippen molar-refractivity contribution < 1.29 is 4.74 Å². The normalized spacial score (nSPS) is 11.1. The lowest BCUT2D eigenvalue weighted by Gasteiger charge is -2.07. The SMILES string of the molecule is CCCNc1nc2ccc(OCC(C)C)cc2s1. The Hall–Kier alpha value is -1.29. The van der Waals surface area contributed by atoms with Crippen LogP contribution < -0.4 is 10.1 Å². The lowest BCUT2D eigenvalue weighted by molar-refractivity contribution is 0.271. The fraction of sp³-hybridized carbons (Fsp3) is 0.500. The predicted molar refractivity (Wildman–Crippen MR) is 78.7 cm³/mol. The number of benzene rings is 1. The minimum Gasteiger partial charge on any atom is -0.493 e. The zero-order valence-corrected chi connectivity index (χ0v) is 12.0. The van der Waals surface area contributed by atoms with E-state index in [0.29, 0.717) is 5.92 Å². The summed E-state index contributed by atoms with van der Waals surface area (Å²) in [6.07, 6.45) is 1.11. The molecule has 0 aliphatic carbocycles. The number of fused-ring (bicyclic) bond motifs is 1. The average Bonchev–Trinajstić information content (AvgIpc) is 2.75. The molecular formula is C14H20N2OS. The summed E-state index contributed by atoms with van der Waals surface area (Å²) in [6.45, 7) is 8.18. The molecule has 0 saturated heterocycles. The van der Waals surface area contributed by atoms with Crippen LogP contribution >= 0.6 is 11.3 Å². The Balaban J connectivity index is 2.12. The van der Waals surface area contributed by atoms with Gasteiger partial charge >= 0.3 is 0 Å². The summed E-state index contributed by atoms with van der Waals surface area (Å²) < 4.78 is 6.90. The molecule has 0 radical (unpaired) electrons. The summed E-state index contributed by atoms with van der Waals surface area (Å²) in [5, 5.41) is 4.31. The van der Waals surface area contributed by atoms with Crippen molar-refractivity contribution in [3.8, 4) is 5.75 Å². The largest absolute Gasteiger partial charge is 0.493 e. The average molecular weight is 264 g/mol. The fourth-order valence-electron chi connectivity index (χ4n) is 1.57.